The van der Waals surface area contributed by atoms with Crippen LogP contribution < -0.4 is 0 Å². The fourth-order valence-electron chi connectivity index (χ4n) is 3.24. The van der Waals surface area contributed by atoms with Crippen LogP contribution in [0.4, 0.5) is 4.39 Å². The molecule has 29 heavy (non-hydrogen) atoms. The van der Waals surface area contributed by atoms with E-state index in [-0.39, 0.29) is 11.9 Å². The molecule has 4 nitrogen and oxygen atoms in total. The van der Waals surface area contributed by atoms with E-state index in [1.54, 1.807) is 24.2 Å². The quantitative estimate of drug-likeness (QED) is 0.434. The fourth-order valence-corrected chi connectivity index (χ4v) is 4.75. The van der Waals surface area contributed by atoms with Crippen molar-refractivity contribution in [2.45, 2.75) is 24.3 Å². The van der Waals surface area contributed by atoms with E-state index in [0.29, 0.717) is 27.8 Å². The third kappa shape index (κ3) is 4.70. The van der Waals surface area contributed by atoms with E-state index in [4.69, 9.17) is 11.6 Å². The summed E-state index contributed by atoms with van der Waals surface area (Å²) in [6.45, 7) is 3.60. The van der Waals surface area contributed by atoms with Crippen LogP contribution in [0.5, 0.6) is 0 Å². The van der Waals surface area contributed by atoms with Gasteiger partial charge in [-0.3, -0.25) is 0 Å². The smallest absolute Gasteiger partial charge is 0.138 e. The van der Waals surface area contributed by atoms with E-state index >= 15 is 0 Å². The molecular weight excluding hydrogens is 477 g/mol. The van der Waals surface area contributed by atoms with Crippen LogP contribution in [-0.4, -0.2) is 38.6 Å². The number of hydrogen-bond donors (Lipinski definition) is 2. The highest BCUT2D eigenvalue weighted by Crippen LogP contribution is 2.36. The maximum Gasteiger partial charge on any atom is 0.138 e. The van der Waals surface area contributed by atoms with Gasteiger partial charge in [0, 0.05) is 29.1 Å². The molecule has 1 aliphatic heterocycles. The molecule has 0 aliphatic carbocycles. The number of hydrogen-bond acceptors (Lipinski definition) is 4. The zero-order valence-electron chi connectivity index (χ0n) is 15.7. The van der Waals surface area contributed by atoms with Crippen LogP contribution >= 0.6 is 39.5 Å². The summed E-state index contributed by atoms with van der Waals surface area (Å²) in [7, 11) is 0. The lowest BCUT2D eigenvalue weighted by molar-refractivity contribution is 0.0642. The number of nitrogens with zero attached hydrogens (tertiary/aromatic N) is 2. The molecule has 1 aliphatic rings. The molecule has 8 heteroatoms. The van der Waals surface area contributed by atoms with E-state index in [0.717, 1.165) is 34.7 Å². The van der Waals surface area contributed by atoms with Crippen molar-refractivity contribution in [2.24, 2.45) is 5.92 Å². The van der Waals surface area contributed by atoms with Crippen molar-refractivity contribution in [1.82, 2.24) is 14.3 Å². The predicted octanol–water partition coefficient (Wildman–Crippen LogP) is 6.01. The van der Waals surface area contributed by atoms with Crippen LogP contribution in [0.25, 0.3) is 22.6 Å². The Kier molecular flexibility index (Phi) is 6.32. The van der Waals surface area contributed by atoms with Crippen molar-refractivity contribution in [3.8, 4) is 22.6 Å². The molecular formula is C21H20BrClFN3OS. The highest BCUT2D eigenvalue weighted by Gasteiger charge is 2.25. The molecule has 2 aromatic carbocycles. The molecule has 0 unspecified atom stereocenters. The van der Waals surface area contributed by atoms with Crippen LogP contribution in [0.2, 0.25) is 5.02 Å². The van der Waals surface area contributed by atoms with E-state index in [2.05, 4.69) is 37.1 Å². The second kappa shape index (κ2) is 8.78. The van der Waals surface area contributed by atoms with Crippen molar-refractivity contribution >= 4 is 39.5 Å². The number of β-amino-alcohol motifs (C(OH)–C–C–N with tert-alkyl or cyclic N) is 1. The summed E-state index contributed by atoms with van der Waals surface area (Å²) in [6, 6.07) is 10.7. The lowest BCUT2D eigenvalue weighted by atomic mass is 9.98. The minimum absolute atomic E-state index is 0.318. The molecule has 2 heterocycles. The molecule has 1 fully saturated rings. The van der Waals surface area contributed by atoms with Gasteiger partial charge in [0.05, 0.1) is 27.5 Å². The highest BCUT2D eigenvalue weighted by molar-refractivity contribution is 9.10. The molecule has 0 saturated carbocycles. The number of rotatable bonds is 4. The molecule has 152 valence electrons. The molecule has 0 radical (unpaired) electrons. The first-order valence-corrected chi connectivity index (χ1v) is 11.3. The van der Waals surface area contributed by atoms with Crippen molar-refractivity contribution in [2.75, 3.05) is 13.1 Å². The zero-order chi connectivity index (χ0) is 20.5. The van der Waals surface area contributed by atoms with Gasteiger partial charge in [0.15, 0.2) is 0 Å². The SMILES string of the molecule is C[C@H]1CCN(Sc2cc(-c3ncc(-c4ccc(Br)c(F)c4)[nH]3)ccc2Cl)C[C@@H]1O. The predicted molar refractivity (Wildman–Crippen MR) is 119 cm³/mol. The minimum atomic E-state index is -0.322. The molecule has 3 aromatic rings. The third-order valence-electron chi connectivity index (χ3n) is 5.12. The lowest BCUT2D eigenvalue weighted by Crippen LogP contribution is -2.39. The molecule has 2 atom stereocenters. The molecule has 4 rings (SSSR count). The molecule has 1 saturated heterocycles. The summed E-state index contributed by atoms with van der Waals surface area (Å²) >= 11 is 11.1. The largest absolute Gasteiger partial charge is 0.391 e. The van der Waals surface area contributed by atoms with Gasteiger partial charge in [0.1, 0.15) is 11.6 Å². The van der Waals surface area contributed by atoms with E-state index < -0.39 is 0 Å². The van der Waals surface area contributed by atoms with Crippen molar-refractivity contribution in [3.63, 3.8) is 0 Å². The van der Waals surface area contributed by atoms with Gasteiger partial charge in [-0.25, -0.2) is 13.7 Å². The average Bonchev–Trinajstić information content (AvgIpc) is 3.19. The van der Waals surface area contributed by atoms with E-state index in [1.807, 2.05) is 24.3 Å². The Hall–Kier alpha value is -1.38. The summed E-state index contributed by atoms with van der Waals surface area (Å²) in [5.41, 5.74) is 2.36. The van der Waals surface area contributed by atoms with Crippen molar-refractivity contribution < 1.29 is 9.50 Å². The van der Waals surface area contributed by atoms with Gasteiger partial charge in [0.2, 0.25) is 0 Å². The van der Waals surface area contributed by atoms with Crippen LogP contribution in [0.15, 0.2) is 52.0 Å². The Bertz CT molecular complexity index is 1030. The van der Waals surface area contributed by atoms with Crippen LogP contribution in [0.1, 0.15) is 13.3 Å². The monoisotopic (exact) mass is 495 g/mol. The summed E-state index contributed by atoms with van der Waals surface area (Å²) in [4.78, 5) is 8.63. The normalized spacial score (nSPS) is 20.2. The molecule has 0 amide bonds. The molecule has 0 bridgehead atoms. The van der Waals surface area contributed by atoms with E-state index in [1.165, 1.54) is 6.07 Å². The van der Waals surface area contributed by atoms with Gasteiger partial charge < -0.3 is 10.1 Å². The Morgan fingerprint density at radius 2 is 2.07 bits per heavy atom. The number of aromatic amines is 1. The Morgan fingerprint density at radius 1 is 1.28 bits per heavy atom. The zero-order valence-corrected chi connectivity index (χ0v) is 18.9. The number of aliphatic hydroxyl groups excluding tert-OH is 1. The van der Waals surface area contributed by atoms with Crippen LogP contribution in [0.3, 0.4) is 0 Å². The van der Waals surface area contributed by atoms with Gasteiger partial charge >= 0.3 is 0 Å². The van der Waals surface area contributed by atoms with Crippen LogP contribution in [0, 0.1) is 11.7 Å². The van der Waals surface area contributed by atoms with Crippen molar-refractivity contribution in [1.29, 1.82) is 0 Å². The first-order chi connectivity index (χ1) is 13.9. The number of H-pyrrole nitrogens is 1. The maximum absolute atomic E-state index is 13.8. The van der Waals surface area contributed by atoms with Gasteiger partial charge in [-0.2, -0.15) is 0 Å². The Morgan fingerprint density at radius 3 is 2.83 bits per heavy atom. The van der Waals surface area contributed by atoms with Gasteiger partial charge in [-0.15, -0.1) is 0 Å². The highest BCUT2D eigenvalue weighted by atomic mass is 79.9. The van der Waals surface area contributed by atoms with Gasteiger partial charge in [-0.05, 0) is 70.5 Å². The first-order valence-electron chi connectivity index (χ1n) is 9.32. The Balaban J connectivity index is 1.56. The fraction of sp³-hybridized carbons (Fsp3) is 0.286. The summed E-state index contributed by atoms with van der Waals surface area (Å²) < 4.78 is 16.4. The van der Waals surface area contributed by atoms with Gasteiger partial charge in [0.25, 0.3) is 0 Å². The number of imidazole rings is 1. The Labute approximate surface area is 186 Å². The molecule has 2 N–H and O–H groups in total. The number of nitrogens with one attached hydrogen (secondary N) is 1. The topological polar surface area (TPSA) is 52.2 Å². The third-order valence-corrected chi connectivity index (χ3v) is 7.33. The van der Waals surface area contributed by atoms with Crippen LogP contribution in [-0.2, 0) is 0 Å². The maximum atomic E-state index is 13.8. The summed E-state index contributed by atoms with van der Waals surface area (Å²) in [6.07, 6.45) is 2.33. The standard InChI is InChI=1S/C21H20BrClFN3OS/c1-12-6-7-27(11-19(12)28)29-20-9-14(3-5-16(20)23)21-25-10-18(26-21)13-2-4-15(22)17(24)8-13/h2-5,8-10,12,19,28H,6-7,11H2,1H3,(H,25,26)/t12-,19-/m0/s1. The second-order valence-corrected chi connectivity index (χ2v) is 9.63. The number of halogens is 3. The summed E-state index contributed by atoms with van der Waals surface area (Å²) in [5, 5.41) is 10.8. The number of aromatic nitrogens is 2. The number of piperidine rings is 1. The lowest BCUT2D eigenvalue weighted by Gasteiger charge is -2.33. The first kappa shape index (κ1) is 20.9. The second-order valence-electron chi connectivity index (χ2n) is 7.23. The van der Waals surface area contributed by atoms with Crippen molar-refractivity contribution in [3.05, 3.63) is 57.9 Å². The number of benzene rings is 2. The van der Waals surface area contributed by atoms with Gasteiger partial charge in [-0.1, -0.05) is 24.6 Å². The average molecular weight is 497 g/mol. The number of aliphatic hydroxyl groups is 1. The molecule has 0 spiro atoms. The van der Waals surface area contributed by atoms with E-state index in [9.17, 15) is 9.50 Å². The minimum Gasteiger partial charge on any atom is -0.391 e. The summed E-state index contributed by atoms with van der Waals surface area (Å²) in [5.74, 6) is 0.689. The molecule has 1 aromatic heterocycles.